The van der Waals surface area contributed by atoms with Crippen LogP contribution in [0.5, 0.6) is 5.75 Å². The first kappa shape index (κ1) is 16.6. The second-order valence-electron chi connectivity index (χ2n) is 4.92. The van der Waals surface area contributed by atoms with E-state index in [-0.39, 0.29) is 17.7 Å². The first-order chi connectivity index (χ1) is 9.55. The molecule has 1 atom stereocenters. The Morgan fingerprint density at radius 3 is 2.75 bits per heavy atom. The average molecular weight is 281 g/mol. The van der Waals surface area contributed by atoms with E-state index in [1.165, 1.54) is 12.1 Å². The van der Waals surface area contributed by atoms with E-state index in [4.69, 9.17) is 4.74 Å². The lowest BCUT2D eigenvalue weighted by Crippen LogP contribution is -2.28. The van der Waals surface area contributed by atoms with Gasteiger partial charge in [-0.05, 0) is 37.6 Å². The molecule has 1 aromatic rings. The van der Waals surface area contributed by atoms with E-state index in [1.807, 2.05) is 26.8 Å². The van der Waals surface area contributed by atoms with Gasteiger partial charge in [0.25, 0.3) is 0 Å². The molecule has 0 amide bonds. The molecular formula is C16H24FNO2. The monoisotopic (exact) mass is 281 g/mol. The SMILES string of the molecule is CCNC[C@@H](C)Oc1cc(F)cc(CCC(=O)CC)c1. The normalized spacial score (nSPS) is 12.2. The van der Waals surface area contributed by atoms with Crippen LogP contribution in [0.4, 0.5) is 4.39 Å². The lowest BCUT2D eigenvalue weighted by atomic mass is 10.1. The van der Waals surface area contributed by atoms with Crippen molar-refractivity contribution in [2.75, 3.05) is 13.1 Å². The van der Waals surface area contributed by atoms with E-state index in [0.717, 1.165) is 18.7 Å². The van der Waals surface area contributed by atoms with Gasteiger partial charge in [0.05, 0.1) is 0 Å². The molecule has 0 aliphatic heterocycles. The minimum atomic E-state index is -0.322. The molecule has 0 aliphatic rings. The van der Waals surface area contributed by atoms with Crippen molar-refractivity contribution in [3.05, 3.63) is 29.6 Å². The number of rotatable bonds is 9. The molecule has 0 heterocycles. The highest BCUT2D eigenvalue weighted by Crippen LogP contribution is 2.19. The molecular weight excluding hydrogens is 257 g/mol. The second-order valence-corrected chi connectivity index (χ2v) is 4.92. The predicted molar refractivity (Wildman–Crippen MR) is 78.7 cm³/mol. The molecule has 0 unspecified atom stereocenters. The second kappa shape index (κ2) is 8.69. The number of carbonyl (C=O) groups is 1. The quantitative estimate of drug-likeness (QED) is 0.756. The van der Waals surface area contributed by atoms with Gasteiger partial charge in [-0.3, -0.25) is 4.79 Å². The molecule has 112 valence electrons. The van der Waals surface area contributed by atoms with Crippen molar-refractivity contribution in [1.82, 2.24) is 5.32 Å². The molecule has 0 saturated heterocycles. The molecule has 1 rings (SSSR count). The summed E-state index contributed by atoms with van der Waals surface area (Å²) in [6.07, 6.45) is 1.51. The Labute approximate surface area is 120 Å². The maximum atomic E-state index is 13.6. The molecule has 0 spiro atoms. The van der Waals surface area contributed by atoms with Gasteiger partial charge in [0, 0.05) is 25.5 Å². The highest BCUT2D eigenvalue weighted by Gasteiger charge is 2.07. The van der Waals surface area contributed by atoms with E-state index >= 15 is 0 Å². The summed E-state index contributed by atoms with van der Waals surface area (Å²) in [7, 11) is 0. The van der Waals surface area contributed by atoms with Crippen LogP contribution in [0.1, 0.15) is 39.2 Å². The fraction of sp³-hybridized carbons (Fsp3) is 0.562. The molecule has 0 saturated carbocycles. The van der Waals surface area contributed by atoms with E-state index in [0.29, 0.717) is 25.0 Å². The van der Waals surface area contributed by atoms with Crippen LogP contribution in [-0.4, -0.2) is 25.0 Å². The first-order valence-electron chi connectivity index (χ1n) is 7.23. The fourth-order valence-corrected chi connectivity index (χ4v) is 1.92. The number of likely N-dealkylation sites (N-methyl/N-ethyl adjacent to an activating group) is 1. The Kier molecular flexibility index (Phi) is 7.23. The number of carbonyl (C=O) groups excluding carboxylic acids is 1. The lowest BCUT2D eigenvalue weighted by Gasteiger charge is -2.15. The minimum absolute atomic E-state index is 0.0260. The largest absolute Gasteiger partial charge is 0.489 e. The van der Waals surface area contributed by atoms with E-state index in [9.17, 15) is 9.18 Å². The summed E-state index contributed by atoms with van der Waals surface area (Å²) in [4.78, 5) is 11.3. The van der Waals surface area contributed by atoms with Gasteiger partial charge in [-0.15, -0.1) is 0 Å². The molecule has 4 heteroatoms. The summed E-state index contributed by atoms with van der Waals surface area (Å²) in [5, 5.41) is 3.18. The number of aryl methyl sites for hydroxylation is 1. The zero-order valence-electron chi connectivity index (χ0n) is 12.5. The molecule has 0 aromatic heterocycles. The summed E-state index contributed by atoms with van der Waals surface area (Å²) in [6.45, 7) is 7.40. The van der Waals surface area contributed by atoms with E-state index in [2.05, 4.69) is 5.32 Å². The maximum Gasteiger partial charge on any atom is 0.132 e. The predicted octanol–water partition coefficient (Wildman–Crippen LogP) is 3.11. The third kappa shape index (κ3) is 6.15. The number of Topliss-reactive ketones (excluding diaryl/α,β-unsaturated/α-hetero) is 1. The first-order valence-corrected chi connectivity index (χ1v) is 7.23. The molecule has 20 heavy (non-hydrogen) atoms. The lowest BCUT2D eigenvalue weighted by molar-refractivity contribution is -0.118. The summed E-state index contributed by atoms with van der Waals surface area (Å²) in [6, 6.07) is 4.66. The molecule has 3 nitrogen and oxygen atoms in total. The van der Waals surface area contributed by atoms with Crippen molar-refractivity contribution in [2.45, 2.75) is 46.1 Å². The van der Waals surface area contributed by atoms with Gasteiger partial charge in [0.2, 0.25) is 0 Å². The van der Waals surface area contributed by atoms with Gasteiger partial charge >= 0.3 is 0 Å². The molecule has 0 bridgehead atoms. The van der Waals surface area contributed by atoms with Crippen LogP contribution in [0.2, 0.25) is 0 Å². The maximum absolute atomic E-state index is 13.6. The summed E-state index contributed by atoms with van der Waals surface area (Å²) >= 11 is 0. The van der Waals surface area contributed by atoms with Crippen molar-refractivity contribution in [1.29, 1.82) is 0 Å². The van der Waals surface area contributed by atoms with Crippen LogP contribution in [0, 0.1) is 5.82 Å². The van der Waals surface area contributed by atoms with Gasteiger partial charge < -0.3 is 10.1 Å². The number of hydrogen-bond acceptors (Lipinski definition) is 3. The van der Waals surface area contributed by atoms with Gasteiger partial charge in [-0.2, -0.15) is 0 Å². The standard InChI is InChI=1S/C16H24FNO2/c1-4-15(19)7-6-13-8-14(17)10-16(9-13)20-12(3)11-18-5-2/h8-10,12,18H,4-7,11H2,1-3H3/t12-/m1/s1. The third-order valence-corrected chi connectivity index (χ3v) is 3.04. The number of hydrogen-bond donors (Lipinski definition) is 1. The van der Waals surface area contributed by atoms with Crippen molar-refractivity contribution >= 4 is 5.78 Å². The summed E-state index contributed by atoms with van der Waals surface area (Å²) < 4.78 is 19.2. The Hall–Kier alpha value is -1.42. The van der Waals surface area contributed by atoms with Crippen molar-refractivity contribution < 1.29 is 13.9 Å². The highest BCUT2D eigenvalue weighted by molar-refractivity contribution is 5.78. The number of benzene rings is 1. The Morgan fingerprint density at radius 2 is 2.10 bits per heavy atom. The van der Waals surface area contributed by atoms with Gasteiger partial charge in [-0.25, -0.2) is 4.39 Å². The van der Waals surface area contributed by atoms with Gasteiger partial charge in [0.1, 0.15) is 23.5 Å². The zero-order valence-corrected chi connectivity index (χ0v) is 12.5. The number of ketones is 1. The van der Waals surface area contributed by atoms with Crippen molar-refractivity contribution in [3.63, 3.8) is 0 Å². The van der Waals surface area contributed by atoms with Crippen molar-refractivity contribution in [2.24, 2.45) is 0 Å². The van der Waals surface area contributed by atoms with E-state index in [1.54, 1.807) is 0 Å². The zero-order chi connectivity index (χ0) is 15.0. The molecule has 0 fully saturated rings. The fourth-order valence-electron chi connectivity index (χ4n) is 1.92. The van der Waals surface area contributed by atoms with Gasteiger partial charge in [0.15, 0.2) is 0 Å². The third-order valence-electron chi connectivity index (χ3n) is 3.04. The van der Waals surface area contributed by atoms with Crippen LogP contribution in [0.25, 0.3) is 0 Å². The number of nitrogens with one attached hydrogen (secondary N) is 1. The van der Waals surface area contributed by atoms with Crippen LogP contribution >= 0.6 is 0 Å². The molecule has 0 aliphatic carbocycles. The summed E-state index contributed by atoms with van der Waals surface area (Å²) in [5.41, 5.74) is 0.803. The average Bonchev–Trinajstić information content (AvgIpc) is 2.41. The summed E-state index contributed by atoms with van der Waals surface area (Å²) in [5.74, 6) is 0.392. The van der Waals surface area contributed by atoms with Crippen LogP contribution in [0.15, 0.2) is 18.2 Å². The Bertz CT molecular complexity index is 434. The minimum Gasteiger partial charge on any atom is -0.489 e. The van der Waals surface area contributed by atoms with Crippen LogP contribution < -0.4 is 10.1 Å². The van der Waals surface area contributed by atoms with Gasteiger partial charge in [-0.1, -0.05) is 13.8 Å². The topological polar surface area (TPSA) is 38.3 Å². The van der Waals surface area contributed by atoms with Crippen molar-refractivity contribution in [3.8, 4) is 5.75 Å². The highest BCUT2D eigenvalue weighted by atomic mass is 19.1. The molecule has 1 N–H and O–H groups in total. The smallest absolute Gasteiger partial charge is 0.132 e. The molecule has 0 radical (unpaired) electrons. The van der Waals surface area contributed by atoms with Crippen LogP contribution in [-0.2, 0) is 11.2 Å². The number of halogens is 1. The van der Waals surface area contributed by atoms with Crippen LogP contribution in [0.3, 0.4) is 0 Å². The molecule has 1 aromatic carbocycles. The van der Waals surface area contributed by atoms with E-state index < -0.39 is 0 Å². The number of ether oxygens (including phenoxy) is 1. The Morgan fingerprint density at radius 1 is 1.35 bits per heavy atom. The Balaban J connectivity index is 2.63.